The number of carbonyl (C=O) groups is 3. The lowest BCUT2D eigenvalue weighted by molar-refractivity contribution is -0.131. The van der Waals surface area contributed by atoms with Gasteiger partial charge in [0.15, 0.2) is 5.92 Å². The predicted molar refractivity (Wildman–Crippen MR) is 101 cm³/mol. The van der Waals surface area contributed by atoms with Gasteiger partial charge in [-0.25, -0.2) is 9.69 Å². The first-order chi connectivity index (χ1) is 11.7. The predicted octanol–water partition coefficient (Wildman–Crippen LogP) is 2.80. The quantitative estimate of drug-likeness (QED) is 0.497. The van der Waals surface area contributed by atoms with Crippen molar-refractivity contribution in [3.63, 3.8) is 0 Å². The number of para-hydroxylation sites is 1. The Balaban J connectivity index is 2.11. The first-order valence-corrected chi connectivity index (χ1v) is 9.07. The molecule has 0 unspecified atom stereocenters. The molecule has 0 spiro atoms. The fraction of sp³-hybridized carbons (Fsp3) is 0.444. The van der Waals surface area contributed by atoms with Crippen LogP contribution in [0.25, 0.3) is 0 Å². The van der Waals surface area contributed by atoms with Crippen LogP contribution in [0.3, 0.4) is 0 Å². The minimum atomic E-state index is -1.09. The second-order valence-corrected chi connectivity index (χ2v) is 8.67. The highest BCUT2D eigenvalue weighted by Crippen LogP contribution is 2.24. The number of amides is 4. The zero-order valence-electron chi connectivity index (χ0n) is 14.9. The highest BCUT2D eigenvalue weighted by Gasteiger charge is 2.40. The number of rotatable bonds is 5. The van der Waals surface area contributed by atoms with Crippen LogP contribution in [-0.2, 0) is 9.59 Å². The van der Waals surface area contributed by atoms with E-state index >= 15 is 0 Å². The molecular weight excluding hydrogens is 338 g/mol. The van der Waals surface area contributed by atoms with Gasteiger partial charge in [0.2, 0.25) is 5.91 Å². The first-order valence-electron chi connectivity index (χ1n) is 8.09. The number of barbiturate groups is 1. The molecule has 7 heteroatoms. The van der Waals surface area contributed by atoms with Gasteiger partial charge in [0.1, 0.15) is 0 Å². The Bertz CT molecular complexity index is 710. The minimum Gasteiger partial charge on any atom is -0.295 e. The Hall–Kier alpha value is -2.15. The number of aliphatic imine (C=N–C) groups is 1. The number of benzene rings is 1. The molecule has 0 radical (unpaired) electrons. The summed E-state index contributed by atoms with van der Waals surface area (Å²) < 4.78 is 0.140. The Morgan fingerprint density at radius 1 is 1.24 bits per heavy atom. The number of urea groups is 1. The van der Waals surface area contributed by atoms with Gasteiger partial charge in [0.25, 0.3) is 5.91 Å². The van der Waals surface area contributed by atoms with Crippen LogP contribution in [0.5, 0.6) is 0 Å². The molecule has 0 aliphatic carbocycles. The monoisotopic (exact) mass is 361 g/mol. The number of carbonyl (C=O) groups excluding carboxylic acids is 3. The third-order valence-electron chi connectivity index (χ3n) is 3.57. The third kappa shape index (κ3) is 4.92. The van der Waals surface area contributed by atoms with E-state index in [0.29, 0.717) is 12.2 Å². The van der Waals surface area contributed by atoms with Crippen molar-refractivity contribution in [2.75, 3.05) is 17.2 Å². The van der Waals surface area contributed by atoms with Crippen LogP contribution in [0.4, 0.5) is 10.5 Å². The fourth-order valence-corrected chi connectivity index (χ4v) is 3.16. The van der Waals surface area contributed by atoms with Crippen molar-refractivity contribution in [1.29, 1.82) is 0 Å². The molecule has 0 bridgehead atoms. The average molecular weight is 361 g/mol. The third-order valence-corrected chi connectivity index (χ3v) is 4.82. The summed E-state index contributed by atoms with van der Waals surface area (Å²) in [7, 11) is 0. The van der Waals surface area contributed by atoms with E-state index in [4.69, 9.17) is 0 Å². The number of nitrogens with one attached hydrogen (secondary N) is 1. The van der Waals surface area contributed by atoms with E-state index in [2.05, 4.69) is 31.1 Å². The van der Waals surface area contributed by atoms with E-state index in [0.717, 1.165) is 16.2 Å². The number of hydrogen-bond donors (Lipinski definition) is 1. The van der Waals surface area contributed by atoms with Gasteiger partial charge in [-0.05, 0) is 18.6 Å². The summed E-state index contributed by atoms with van der Waals surface area (Å²) in [6.07, 6.45) is 1.35. The number of hydrogen-bond acceptors (Lipinski definition) is 5. The zero-order chi connectivity index (χ0) is 18.6. The molecule has 0 saturated carbocycles. The number of imide groups is 2. The largest absolute Gasteiger partial charge is 0.335 e. The summed E-state index contributed by atoms with van der Waals surface area (Å²) >= 11 is 1.76. The zero-order valence-corrected chi connectivity index (χ0v) is 15.7. The Morgan fingerprint density at radius 3 is 2.56 bits per heavy atom. The number of aryl methyl sites for hydroxylation is 1. The van der Waals surface area contributed by atoms with E-state index in [9.17, 15) is 14.4 Å². The molecule has 0 aromatic heterocycles. The Labute approximate surface area is 152 Å². The molecule has 1 N–H and O–H groups in total. The van der Waals surface area contributed by atoms with Crippen LogP contribution in [0.1, 0.15) is 26.3 Å². The number of thioether (sulfide) groups is 1. The van der Waals surface area contributed by atoms with Crippen molar-refractivity contribution in [3.8, 4) is 0 Å². The summed E-state index contributed by atoms with van der Waals surface area (Å²) in [5.74, 6) is -1.50. The molecule has 1 aliphatic rings. The summed E-state index contributed by atoms with van der Waals surface area (Å²) in [5.41, 5.74) is 1.25. The van der Waals surface area contributed by atoms with Crippen molar-refractivity contribution in [3.05, 3.63) is 29.8 Å². The molecule has 4 amide bonds. The van der Waals surface area contributed by atoms with E-state index in [1.54, 1.807) is 36.9 Å². The smallest absolute Gasteiger partial charge is 0.295 e. The molecule has 134 valence electrons. The van der Waals surface area contributed by atoms with Crippen molar-refractivity contribution < 1.29 is 14.4 Å². The van der Waals surface area contributed by atoms with E-state index in [1.165, 1.54) is 6.21 Å². The highest BCUT2D eigenvalue weighted by atomic mass is 32.2. The maximum Gasteiger partial charge on any atom is 0.335 e. The standard InChI is InChI=1S/C18H23N3O3S/c1-12-7-5-6-8-14(12)21-16(23)13(15(22)20-17(21)24)11-19-9-10-25-18(2,3)4/h5-8,11,13H,9-10H2,1-4H3,(H,20,22,24)/t13-/m0/s1. The molecular formula is C18H23N3O3S. The summed E-state index contributed by atoms with van der Waals surface area (Å²) in [6.45, 7) is 8.66. The van der Waals surface area contributed by atoms with E-state index in [1.807, 2.05) is 6.07 Å². The van der Waals surface area contributed by atoms with Crippen LogP contribution >= 0.6 is 11.8 Å². The maximum atomic E-state index is 12.7. The van der Waals surface area contributed by atoms with Gasteiger partial charge >= 0.3 is 6.03 Å². The topological polar surface area (TPSA) is 78.8 Å². The van der Waals surface area contributed by atoms with Crippen LogP contribution in [0, 0.1) is 12.8 Å². The van der Waals surface area contributed by atoms with Gasteiger partial charge in [-0.15, -0.1) is 0 Å². The van der Waals surface area contributed by atoms with Gasteiger partial charge in [-0.2, -0.15) is 11.8 Å². The number of anilines is 1. The number of nitrogens with zero attached hydrogens (tertiary/aromatic N) is 2. The highest BCUT2D eigenvalue weighted by molar-refractivity contribution is 8.00. The molecule has 1 aliphatic heterocycles. The van der Waals surface area contributed by atoms with Gasteiger partial charge in [-0.3, -0.25) is 19.9 Å². The molecule has 6 nitrogen and oxygen atoms in total. The lowest BCUT2D eigenvalue weighted by Gasteiger charge is -2.29. The van der Waals surface area contributed by atoms with Crippen LogP contribution in [-0.4, -0.2) is 41.1 Å². The molecule has 1 fully saturated rings. The second-order valence-electron chi connectivity index (χ2n) is 6.75. The van der Waals surface area contributed by atoms with Crippen molar-refractivity contribution >= 4 is 41.5 Å². The van der Waals surface area contributed by atoms with Gasteiger partial charge in [0.05, 0.1) is 5.69 Å². The van der Waals surface area contributed by atoms with Gasteiger partial charge in [-0.1, -0.05) is 39.0 Å². The molecule has 1 saturated heterocycles. The molecule has 1 atom stereocenters. The lowest BCUT2D eigenvalue weighted by Crippen LogP contribution is -2.58. The molecule has 2 rings (SSSR count). The van der Waals surface area contributed by atoms with E-state index in [-0.39, 0.29) is 4.75 Å². The lowest BCUT2D eigenvalue weighted by atomic mass is 10.0. The molecule has 1 aromatic carbocycles. The molecule has 1 heterocycles. The molecule has 1 aromatic rings. The normalized spacial score (nSPS) is 18.8. The maximum absolute atomic E-state index is 12.7. The van der Waals surface area contributed by atoms with Gasteiger partial charge < -0.3 is 0 Å². The SMILES string of the molecule is Cc1ccccc1N1C(=O)NC(=O)[C@H](C=NCCSC(C)(C)C)C1=O. The molecule has 25 heavy (non-hydrogen) atoms. The Morgan fingerprint density at radius 2 is 1.92 bits per heavy atom. The summed E-state index contributed by atoms with van der Waals surface area (Å²) in [6, 6.07) is 6.32. The van der Waals surface area contributed by atoms with Gasteiger partial charge in [0, 0.05) is 23.3 Å². The van der Waals surface area contributed by atoms with Crippen molar-refractivity contribution in [1.82, 2.24) is 5.32 Å². The van der Waals surface area contributed by atoms with Crippen LogP contribution < -0.4 is 10.2 Å². The van der Waals surface area contributed by atoms with Crippen LogP contribution in [0.2, 0.25) is 0 Å². The summed E-state index contributed by atoms with van der Waals surface area (Å²) in [5, 5.41) is 2.23. The van der Waals surface area contributed by atoms with Crippen molar-refractivity contribution in [2.45, 2.75) is 32.4 Å². The summed E-state index contributed by atoms with van der Waals surface area (Å²) in [4.78, 5) is 42.0. The van der Waals surface area contributed by atoms with Crippen molar-refractivity contribution in [2.24, 2.45) is 10.9 Å². The fourth-order valence-electron chi connectivity index (χ4n) is 2.35. The second kappa shape index (κ2) is 7.82. The van der Waals surface area contributed by atoms with E-state index < -0.39 is 23.8 Å². The van der Waals surface area contributed by atoms with Crippen LogP contribution in [0.15, 0.2) is 29.3 Å². The average Bonchev–Trinajstić information content (AvgIpc) is 2.50. The first kappa shape index (κ1) is 19.2. The minimum absolute atomic E-state index is 0.140. The Kier molecular flexibility index (Phi) is 6.00.